The average Bonchev–Trinajstić information content (AvgIpc) is 2.39. The molecular formula is C17H27N. The first kappa shape index (κ1) is 13.6. The van der Waals surface area contributed by atoms with Crippen LogP contribution in [0.15, 0.2) is 24.3 Å². The predicted molar refractivity (Wildman–Crippen MR) is 78.8 cm³/mol. The highest BCUT2D eigenvalue weighted by molar-refractivity contribution is 5.32. The summed E-state index contributed by atoms with van der Waals surface area (Å²) in [6.07, 6.45) is 6.45. The third-order valence-corrected chi connectivity index (χ3v) is 4.31. The van der Waals surface area contributed by atoms with E-state index >= 15 is 0 Å². The van der Waals surface area contributed by atoms with Crippen LogP contribution in [0.4, 0.5) is 0 Å². The van der Waals surface area contributed by atoms with Gasteiger partial charge in [0.25, 0.3) is 0 Å². The molecule has 3 atom stereocenters. The maximum atomic E-state index is 3.84. The van der Waals surface area contributed by atoms with Crippen LogP contribution < -0.4 is 5.32 Å². The smallest absolute Gasteiger partial charge is 0.0325 e. The van der Waals surface area contributed by atoms with Gasteiger partial charge in [0.2, 0.25) is 0 Å². The Morgan fingerprint density at radius 2 is 2.06 bits per heavy atom. The summed E-state index contributed by atoms with van der Waals surface area (Å²) in [6, 6.07) is 10.2. The van der Waals surface area contributed by atoms with Crippen molar-refractivity contribution in [2.75, 3.05) is 0 Å². The van der Waals surface area contributed by atoms with Crippen molar-refractivity contribution in [3.63, 3.8) is 0 Å². The fraction of sp³-hybridized carbons (Fsp3) is 0.647. The topological polar surface area (TPSA) is 12.0 Å². The summed E-state index contributed by atoms with van der Waals surface area (Å²) in [7, 11) is 0. The Morgan fingerprint density at radius 3 is 2.83 bits per heavy atom. The minimum Gasteiger partial charge on any atom is -0.307 e. The molecule has 0 heterocycles. The molecule has 0 spiro atoms. The molecule has 100 valence electrons. The molecular weight excluding hydrogens is 218 g/mol. The number of hydrogen-bond acceptors (Lipinski definition) is 1. The third kappa shape index (κ3) is 3.35. The molecule has 0 amide bonds. The molecule has 0 aromatic heterocycles. The second kappa shape index (κ2) is 6.38. The quantitative estimate of drug-likeness (QED) is 0.806. The standard InChI is InChI=1S/C17H27N/c1-4-13(2)12-14(3)18-17-11-7-9-15-8-5-6-10-16(15)17/h5-6,8,10,13-14,17-18H,4,7,9,11-12H2,1-3H3. The number of hydrogen-bond donors (Lipinski definition) is 1. The minimum atomic E-state index is 0.578. The van der Waals surface area contributed by atoms with Crippen molar-refractivity contribution in [2.24, 2.45) is 5.92 Å². The number of benzene rings is 1. The summed E-state index contributed by atoms with van der Waals surface area (Å²) in [5, 5.41) is 3.84. The Hall–Kier alpha value is -0.820. The molecule has 0 saturated heterocycles. The van der Waals surface area contributed by atoms with Gasteiger partial charge in [0.1, 0.15) is 0 Å². The van der Waals surface area contributed by atoms with Gasteiger partial charge in [-0.3, -0.25) is 0 Å². The lowest BCUT2D eigenvalue weighted by atomic mass is 9.87. The van der Waals surface area contributed by atoms with E-state index in [4.69, 9.17) is 0 Å². The van der Waals surface area contributed by atoms with Crippen LogP contribution in [0, 0.1) is 5.92 Å². The molecule has 18 heavy (non-hydrogen) atoms. The Morgan fingerprint density at radius 1 is 1.28 bits per heavy atom. The number of aryl methyl sites for hydroxylation is 1. The van der Waals surface area contributed by atoms with E-state index in [9.17, 15) is 0 Å². The van der Waals surface area contributed by atoms with Crippen LogP contribution in [-0.4, -0.2) is 6.04 Å². The van der Waals surface area contributed by atoms with E-state index < -0.39 is 0 Å². The Kier molecular flexibility index (Phi) is 4.82. The largest absolute Gasteiger partial charge is 0.307 e. The van der Waals surface area contributed by atoms with Gasteiger partial charge in [-0.25, -0.2) is 0 Å². The highest BCUT2D eigenvalue weighted by Crippen LogP contribution is 2.30. The van der Waals surface area contributed by atoms with Crippen molar-refractivity contribution in [3.8, 4) is 0 Å². The monoisotopic (exact) mass is 245 g/mol. The predicted octanol–water partition coefficient (Wildman–Crippen LogP) is 4.48. The molecule has 1 aliphatic rings. The second-order valence-corrected chi connectivity index (χ2v) is 5.96. The van der Waals surface area contributed by atoms with Gasteiger partial charge in [-0.1, -0.05) is 44.5 Å². The lowest BCUT2D eigenvalue weighted by molar-refractivity contribution is 0.354. The molecule has 2 rings (SSSR count). The van der Waals surface area contributed by atoms with Gasteiger partial charge in [-0.15, -0.1) is 0 Å². The van der Waals surface area contributed by atoms with Gasteiger partial charge in [0.05, 0.1) is 0 Å². The number of rotatable bonds is 5. The van der Waals surface area contributed by atoms with Crippen molar-refractivity contribution in [1.29, 1.82) is 0 Å². The molecule has 1 aromatic carbocycles. The van der Waals surface area contributed by atoms with Crippen LogP contribution >= 0.6 is 0 Å². The van der Waals surface area contributed by atoms with Gasteiger partial charge in [0, 0.05) is 12.1 Å². The highest BCUT2D eigenvalue weighted by atomic mass is 14.9. The van der Waals surface area contributed by atoms with Crippen molar-refractivity contribution in [2.45, 2.75) is 65.0 Å². The molecule has 3 unspecified atom stereocenters. The van der Waals surface area contributed by atoms with Gasteiger partial charge in [0.15, 0.2) is 0 Å². The van der Waals surface area contributed by atoms with Crippen molar-refractivity contribution >= 4 is 0 Å². The summed E-state index contributed by atoms with van der Waals surface area (Å²) in [4.78, 5) is 0. The van der Waals surface area contributed by atoms with Crippen LogP contribution in [-0.2, 0) is 6.42 Å². The fourth-order valence-electron chi connectivity index (χ4n) is 3.11. The maximum absolute atomic E-state index is 3.84. The second-order valence-electron chi connectivity index (χ2n) is 5.96. The molecule has 0 radical (unpaired) electrons. The molecule has 0 aliphatic heterocycles. The number of nitrogens with one attached hydrogen (secondary N) is 1. The summed E-state index contributed by atoms with van der Waals surface area (Å²) in [6.45, 7) is 6.98. The SMILES string of the molecule is CCC(C)CC(C)NC1CCCc2ccccc21. The molecule has 1 aromatic rings. The van der Waals surface area contributed by atoms with Gasteiger partial charge in [-0.05, 0) is 49.7 Å². The van der Waals surface area contributed by atoms with Crippen LogP contribution in [0.2, 0.25) is 0 Å². The fourth-order valence-corrected chi connectivity index (χ4v) is 3.11. The van der Waals surface area contributed by atoms with E-state index in [-0.39, 0.29) is 0 Å². The molecule has 1 aliphatic carbocycles. The zero-order valence-corrected chi connectivity index (χ0v) is 12.1. The normalized spacial score (nSPS) is 22.3. The molecule has 0 fully saturated rings. The summed E-state index contributed by atoms with van der Waals surface area (Å²) in [5.41, 5.74) is 3.09. The van der Waals surface area contributed by atoms with E-state index in [1.807, 2.05) is 0 Å². The Balaban J connectivity index is 1.98. The van der Waals surface area contributed by atoms with Crippen LogP contribution in [0.25, 0.3) is 0 Å². The minimum absolute atomic E-state index is 0.578. The average molecular weight is 245 g/mol. The summed E-state index contributed by atoms with van der Waals surface area (Å²) in [5.74, 6) is 0.825. The first-order chi connectivity index (χ1) is 8.70. The first-order valence-corrected chi connectivity index (χ1v) is 7.54. The van der Waals surface area contributed by atoms with Crippen molar-refractivity contribution < 1.29 is 0 Å². The van der Waals surface area contributed by atoms with E-state index in [1.165, 1.54) is 32.1 Å². The Bertz CT molecular complexity index is 372. The van der Waals surface area contributed by atoms with Gasteiger partial charge >= 0.3 is 0 Å². The molecule has 0 bridgehead atoms. The molecule has 0 saturated carbocycles. The summed E-state index contributed by atoms with van der Waals surface area (Å²) >= 11 is 0. The lowest BCUT2D eigenvalue weighted by Crippen LogP contribution is -2.33. The van der Waals surface area contributed by atoms with Crippen LogP contribution in [0.5, 0.6) is 0 Å². The van der Waals surface area contributed by atoms with Crippen LogP contribution in [0.1, 0.15) is 63.6 Å². The van der Waals surface area contributed by atoms with E-state index in [0.29, 0.717) is 12.1 Å². The maximum Gasteiger partial charge on any atom is 0.0325 e. The highest BCUT2D eigenvalue weighted by Gasteiger charge is 2.21. The zero-order chi connectivity index (χ0) is 13.0. The molecule has 1 N–H and O–H groups in total. The first-order valence-electron chi connectivity index (χ1n) is 7.54. The van der Waals surface area contributed by atoms with Crippen LogP contribution in [0.3, 0.4) is 0 Å². The Labute approximate surface area is 112 Å². The van der Waals surface area contributed by atoms with Gasteiger partial charge < -0.3 is 5.32 Å². The lowest BCUT2D eigenvalue weighted by Gasteiger charge is -2.30. The van der Waals surface area contributed by atoms with E-state index in [1.54, 1.807) is 11.1 Å². The van der Waals surface area contributed by atoms with Gasteiger partial charge in [-0.2, -0.15) is 0 Å². The summed E-state index contributed by atoms with van der Waals surface area (Å²) < 4.78 is 0. The van der Waals surface area contributed by atoms with E-state index in [2.05, 4.69) is 50.4 Å². The van der Waals surface area contributed by atoms with E-state index in [0.717, 1.165) is 5.92 Å². The molecule has 1 heteroatoms. The van der Waals surface area contributed by atoms with Crippen molar-refractivity contribution in [3.05, 3.63) is 35.4 Å². The molecule has 1 nitrogen and oxygen atoms in total. The number of fused-ring (bicyclic) bond motifs is 1. The zero-order valence-electron chi connectivity index (χ0n) is 12.1. The van der Waals surface area contributed by atoms with Crippen molar-refractivity contribution in [1.82, 2.24) is 5.32 Å². The third-order valence-electron chi connectivity index (χ3n) is 4.31.